The van der Waals surface area contributed by atoms with Crippen molar-refractivity contribution in [3.05, 3.63) is 35.4 Å². The first-order valence-corrected chi connectivity index (χ1v) is 4.72. The molecule has 3 N–H and O–H groups in total. The Morgan fingerprint density at radius 3 is 2.93 bits per heavy atom. The van der Waals surface area contributed by atoms with Crippen LogP contribution in [0.1, 0.15) is 17.2 Å². The minimum absolute atomic E-state index is 0.0201. The molecule has 0 radical (unpaired) electrons. The van der Waals surface area contributed by atoms with Gasteiger partial charge in [-0.1, -0.05) is 24.3 Å². The molecule has 0 spiro atoms. The van der Waals surface area contributed by atoms with Gasteiger partial charge in [-0.3, -0.25) is 0 Å². The van der Waals surface area contributed by atoms with Crippen LogP contribution in [0.25, 0.3) is 0 Å². The van der Waals surface area contributed by atoms with Crippen LogP contribution >= 0.6 is 0 Å². The number of aliphatic hydroxyl groups excluding tert-OH is 1. The molecule has 0 saturated heterocycles. The fraction of sp³-hybridized carbons (Fsp3) is 0.455. The molecule has 14 heavy (non-hydrogen) atoms. The van der Waals surface area contributed by atoms with Crippen molar-refractivity contribution in [2.75, 3.05) is 20.3 Å². The van der Waals surface area contributed by atoms with Gasteiger partial charge in [0.25, 0.3) is 0 Å². The van der Waals surface area contributed by atoms with Crippen LogP contribution in [0.3, 0.4) is 0 Å². The Bertz CT molecular complexity index is 276. The molecule has 0 saturated carbocycles. The zero-order valence-electron chi connectivity index (χ0n) is 8.44. The highest BCUT2D eigenvalue weighted by Crippen LogP contribution is 2.12. The molecule has 0 fully saturated rings. The highest BCUT2D eigenvalue weighted by atomic mass is 16.5. The number of hydrogen-bond acceptors (Lipinski definition) is 3. The fourth-order valence-electron chi connectivity index (χ4n) is 1.30. The van der Waals surface area contributed by atoms with Crippen LogP contribution in [-0.2, 0) is 11.2 Å². The number of methoxy groups -OCH3 is 1. The predicted octanol–water partition coefficient (Wildman–Crippen LogP) is 0.868. The van der Waals surface area contributed by atoms with Crippen molar-refractivity contribution in [2.45, 2.75) is 12.5 Å². The van der Waals surface area contributed by atoms with Gasteiger partial charge in [0.05, 0.1) is 19.3 Å². The summed E-state index contributed by atoms with van der Waals surface area (Å²) in [5.74, 6) is 0. The fourth-order valence-corrected chi connectivity index (χ4v) is 1.30. The molecule has 0 aromatic heterocycles. The Kier molecular flexibility index (Phi) is 4.59. The first kappa shape index (κ1) is 11.2. The summed E-state index contributed by atoms with van der Waals surface area (Å²) in [6, 6.07) is 7.65. The molecular formula is C11H17NO2. The van der Waals surface area contributed by atoms with E-state index in [1.165, 1.54) is 5.56 Å². The zero-order chi connectivity index (χ0) is 10.4. The van der Waals surface area contributed by atoms with Gasteiger partial charge in [-0.15, -0.1) is 0 Å². The van der Waals surface area contributed by atoms with E-state index in [-0.39, 0.29) is 12.6 Å². The van der Waals surface area contributed by atoms with Crippen molar-refractivity contribution >= 4 is 0 Å². The van der Waals surface area contributed by atoms with Gasteiger partial charge in [0, 0.05) is 7.11 Å². The number of ether oxygens (including phenoxy) is 1. The minimum Gasteiger partial charge on any atom is -0.394 e. The molecule has 1 aromatic carbocycles. The maximum absolute atomic E-state index is 8.91. The Labute approximate surface area is 84.5 Å². The van der Waals surface area contributed by atoms with Crippen LogP contribution in [0.15, 0.2) is 24.3 Å². The van der Waals surface area contributed by atoms with E-state index in [2.05, 4.69) is 0 Å². The molecule has 0 heterocycles. The summed E-state index contributed by atoms with van der Waals surface area (Å²) < 4.78 is 4.99. The smallest absolute Gasteiger partial charge is 0.0624 e. The number of hydrogen-bond donors (Lipinski definition) is 2. The second-order valence-electron chi connectivity index (χ2n) is 3.28. The predicted molar refractivity (Wildman–Crippen MR) is 56.0 cm³/mol. The molecule has 1 unspecified atom stereocenters. The van der Waals surface area contributed by atoms with Crippen LogP contribution in [0.4, 0.5) is 0 Å². The highest BCUT2D eigenvalue weighted by Gasteiger charge is 2.04. The lowest BCUT2D eigenvalue weighted by molar-refractivity contribution is 0.202. The van der Waals surface area contributed by atoms with E-state index in [0.717, 1.165) is 12.0 Å². The molecule has 1 rings (SSSR count). The number of nitrogens with two attached hydrogens (primary N) is 1. The van der Waals surface area contributed by atoms with E-state index in [1.807, 2.05) is 24.3 Å². The lowest BCUT2D eigenvalue weighted by Crippen LogP contribution is -2.14. The summed E-state index contributed by atoms with van der Waals surface area (Å²) in [5.41, 5.74) is 7.87. The van der Waals surface area contributed by atoms with Gasteiger partial charge in [0.2, 0.25) is 0 Å². The van der Waals surface area contributed by atoms with Gasteiger partial charge < -0.3 is 15.6 Å². The molecule has 0 aliphatic carbocycles. The van der Waals surface area contributed by atoms with E-state index in [9.17, 15) is 0 Å². The van der Waals surface area contributed by atoms with E-state index in [4.69, 9.17) is 15.6 Å². The number of aliphatic hydroxyl groups is 1. The van der Waals surface area contributed by atoms with Crippen molar-refractivity contribution in [1.82, 2.24) is 0 Å². The Hall–Kier alpha value is -0.900. The van der Waals surface area contributed by atoms with Crippen LogP contribution in [0.5, 0.6) is 0 Å². The summed E-state index contributed by atoms with van der Waals surface area (Å²) in [4.78, 5) is 0. The second kappa shape index (κ2) is 5.75. The quantitative estimate of drug-likeness (QED) is 0.733. The Morgan fingerprint density at radius 2 is 2.29 bits per heavy atom. The molecule has 0 aliphatic rings. The molecule has 1 atom stereocenters. The second-order valence-corrected chi connectivity index (χ2v) is 3.28. The average Bonchev–Trinajstić information content (AvgIpc) is 2.25. The van der Waals surface area contributed by atoms with E-state index < -0.39 is 0 Å². The summed E-state index contributed by atoms with van der Waals surface area (Å²) in [6.07, 6.45) is 0.877. The summed E-state index contributed by atoms with van der Waals surface area (Å²) in [7, 11) is 1.68. The van der Waals surface area contributed by atoms with Gasteiger partial charge >= 0.3 is 0 Å². The van der Waals surface area contributed by atoms with Crippen LogP contribution < -0.4 is 5.73 Å². The van der Waals surface area contributed by atoms with Crippen molar-refractivity contribution in [2.24, 2.45) is 5.73 Å². The van der Waals surface area contributed by atoms with Crippen molar-refractivity contribution in [1.29, 1.82) is 0 Å². The number of rotatable bonds is 5. The van der Waals surface area contributed by atoms with E-state index >= 15 is 0 Å². The van der Waals surface area contributed by atoms with E-state index in [1.54, 1.807) is 7.11 Å². The summed E-state index contributed by atoms with van der Waals surface area (Å²) >= 11 is 0. The molecule has 1 aromatic rings. The first-order chi connectivity index (χ1) is 6.77. The average molecular weight is 195 g/mol. The maximum atomic E-state index is 8.91. The van der Waals surface area contributed by atoms with Crippen LogP contribution in [0, 0.1) is 0 Å². The number of benzene rings is 1. The van der Waals surface area contributed by atoms with Gasteiger partial charge in [0.15, 0.2) is 0 Å². The standard InChI is InChI=1S/C11H17NO2/c1-14-6-5-9-3-2-4-10(7-9)11(12)8-13/h2-4,7,11,13H,5-6,8,12H2,1H3. The molecule has 78 valence electrons. The first-order valence-electron chi connectivity index (χ1n) is 4.72. The summed E-state index contributed by atoms with van der Waals surface area (Å²) in [5, 5.41) is 8.91. The third kappa shape index (κ3) is 3.10. The van der Waals surface area contributed by atoms with Crippen LogP contribution in [-0.4, -0.2) is 25.4 Å². The third-order valence-corrected chi connectivity index (χ3v) is 2.17. The minimum atomic E-state index is -0.280. The SMILES string of the molecule is COCCc1cccc(C(N)CO)c1. The maximum Gasteiger partial charge on any atom is 0.0624 e. The van der Waals surface area contributed by atoms with Gasteiger partial charge in [-0.05, 0) is 17.5 Å². The normalized spacial score (nSPS) is 12.8. The topological polar surface area (TPSA) is 55.5 Å². The van der Waals surface area contributed by atoms with Crippen molar-refractivity contribution < 1.29 is 9.84 Å². The summed E-state index contributed by atoms with van der Waals surface area (Å²) in [6.45, 7) is 0.686. The molecule has 3 nitrogen and oxygen atoms in total. The Morgan fingerprint density at radius 1 is 1.50 bits per heavy atom. The zero-order valence-corrected chi connectivity index (χ0v) is 8.44. The molecule has 3 heteroatoms. The third-order valence-electron chi connectivity index (χ3n) is 2.17. The van der Waals surface area contributed by atoms with Gasteiger partial charge in [-0.25, -0.2) is 0 Å². The largest absolute Gasteiger partial charge is 0.394 e. The Balaban J connectivity index is 2.68. The molecule has 0 amide bonds. The van der Waals surface area contributed by atoms with Gasteiger partial charge in [0.1, 0.15) is 0 Å². The van der Waals surface area contributed by atoms with Gasteiger partial charge in [-0.2, -0.15) is 0 Å². The lowest BCUT2D eigenvalue weighted by atomic mass is 10.0. The molecule has 0 aliphatic heterocycles. The highest BCUT2D eigenvalue weighted by molar-refractivity contribution is 5.26. The molecule has 0 bridgehead atoms. The molecular weight excluding hydrogens is 178 g/mol. The monoisotopic (exact) mass is 195 g/mol. The van der Waals surface area contributed by atoms with Crippen molar-refractivity contribution in [3.8, 4) is 0 Å². The van der Waals surface area contributed by atoms with E-state index in [0.29, 0.717) is 6.61 Å². The van der Waals surface area contributed by atoms with Crippen molar-refractivity contribution in [3.63, 3.8) is 0 Å². The van der Waals surface area contributed by atoms with Crippen LogP contribution in [0.2, 0.25) is 0 Å². The lowest BCUT2D eigenvalue weighted by Gasteiger charge is -2.09.